The fourth-order valence-electron chi connectivity index (χ4n) is 2.93. The molecule has 3 aromatic rings. The number of carbonyl (C=O) groups excluding carboxylic acids is 2. The van der Waals surface area contributed by atoms with E-state index in [1.807, 2.05) is 49.4 Å². The molecule has 1 unspecified atom stereocenters. The fraction of sp³-hybridized carbons (Fsp3) is 0.238. The van der Waals surface area contributed by atoms with Gasteiger partial charge in [-0.2, -0.15) is 5.10 Å². The maximum Gasteiger partial charge on any atom is 0.271 e. The van der Waals surface area contributed by atoms with E-state index in [1.54, 1.807) is 17.1 Å². The molecule has 0 saturated carbocycles. The molecule has 0 fully saturated rings. The molecule has 7 heteroatoms. The molecule has 0 aliphatic heterocycles. The monoisotopic (exact) mass is 377 g/mol. The Morgan fingerprint density at radius 2 is 1.89 bits per heavy atom. The van der Waals surface area contributed by atoms with Gasteiger partial charge >= 0.3 is 0 Å². The van der Waals surface area contributed by atoms with Crippen molar-refractivity contribution in [1.82, 2.24) is 25.4 Å². The molecule has 1 aromatic carbocycles. The van der Waals surface area contributed by atoms with Crippen LogP contribution in [-0.2, 0) is 6.42 Å². The molecule has 0 radical (unpaired) electrons. The van der Waals surface area contributed by atoms with Crippen molar-refractivity contribution in [3.05, 3.63) is 83.4 Å². The van der Waals surface area contributed by atoms with Gasteiger partial charge < -0.3 is 10.6 Å². The second kappa shape index (κ2) is 8.94. The summed E-state index contributed by atoms with van der Waals surface area (Å²) in [6.45, 7) is 2.41. The summed E-state index contributed by atoms with van der Waals surface area (Å²) in [4.78, 5) is 28.9. The topological polar surface area (TPSA) is 88.9 Å². The minimum Gasteiger partial charge on any atom is -0.354 e. The Morgan fingerprint density at radius 3 is 2.57 bits per heavy atom. The van der Waals surface area contributed by atoms with Crippen LogP contribution < -0.4 is 10.6 Å². The third-order valence-electron chi connectivity index (χ3n) is 4.50. The van der Waals surface area contributed by atoms with E-state index < -0.39 is 0 Å². The zero-order valence-corrected chi connectivity index (χ0v) is 15.9. The lowest BCUT2D eigenvalue weighted by molar-refractivity contribution is 0.0938. The average Bonchev–Trinajstić information content (AvgIpc) is 3.19. The number of pyridine rings is 1. The smallest absolute Gasteiger partial charge is 0.271 e. The predicted octanol–water partition coefficient (Wildman–Crippen LogP) is 2.22. The summed E-state index contributed by atoms with van der Waals surface area (Å²) in [7, 11) is 1.54. The highest BCUT2D eigenvalue weighted by Gasteiger charge is 2.22. The van der Waals surface area contributed by atoms with Crippen molar-refractivity contribution < 1.29 is 9.59 Å². The maximum absolute atomic E-state index is 12.8. The molecule has 2 aromatic heterocycles. The molecule has 0 aliphatic rings. The van der Waals surface area contributed by atoms with E-state index in [0.29, 0.717) is 18.7 Å². The molecule has 7 nitrogen and oxygen atoms in total. The zero-order valence-electron chi connectivity index (χ0n) is 15.9. The minimum absolute atomic E-state index is 0.196. The Kier molecular flexibility index (Phi) is 6.16. The second-order valence-corrected chi connectivity index (χ2v) is 6.39. The Hall–Kier alpha value is -3.48. The van der Waals surface area contributed by atoms with Gasteiger partial charge in [-0.3, -0.25) is 19.3 Å². The average molecular weight is 377 g/mol. The van der Waals surface area contributed by atoms with Crippen molar-refractivity contribution in [3.8, 4) is 0 Å². The third-order valence-corrected chi connectivity index (χ3v) is 4.50. The van der Waals surface area contributed by atoms with Crippen molar-refractivity contribution >= 4 is 11.8 Å². The normalized spacial score (nSPS) is 11.6. The minimum atomic E-state index is -0.330. The molecule has 1 atom stereocenters. The van der Waals surface area contributed by atoms with Crippen LogP contribution in [0.25, 0.3) is 0 Å². The molecule has 0 aliphatic carbocycles. The molecule has 144 valence electrons. The molecule has 2 N–H and O–H groups in total. The molecule has 0 saturated heterocycles. The van der Waals surface area contributed by atoms with Crippen molar-refractivity contribution in [2.24, 2.45) is 0 Å². The van der Waals surface area contributed by atoms with Crippen molar-refractivity contribution in [1.29, 1.82) is 0 Å². The Balaban J connectivity index is 1.80. The first-order valence-electron chi connectivity index (χ1n) is 9.14. The molecular formula is C21H23N5O2. The molecule has 0 bridgehead atoms. The van der Waals surface area contributed by atoms with Gasteiger partial charge in [-0.15, -0.1) is 0 Å². The lowest BCUT2D eigenvalue weighted by Gasteiger charge is -2.16. The number of amides is 2. The largest absolute Gasteiger partial charge is 0.354 e. The fourth-order valence-corrected chi connectivity index (χ4v) is 2.93. The first kappa shape index (κ1) is 19.3. The number of nitrogens with one attached hydrogen (secondary N) is 2. The van der Waals surface area contributed by atoms with Crippen LogP contribution in [0.1, 0.15) is 45.1 Å². The van der Waals surface area contributed by atoms with Crippen molar-refractivity contribution in [2.45, 2.75) is 19.4 Å². The number of nitrogens with zero attached hydrogens (tertiary/aromatic N) is 3. The van der Waals surface area contributed by atoms with E-state index in [9.17, 15) is 9.59 Å². The van der Waals surface area contributed by atoms with E-state index in [2.05, 4.69) is 20.7 Å². The molecule has 2 heterocycles. The van der Waals surface area contributed by atoms with Gasteiger partial charge in [0, 0.05) is 32.1 Å². The molecule has 2 amide bonds. The summed E-state index contributed by atoms with van der Waals surface area (Å²) in [5.41, 5.74) is 2.60. The van der Waals surface area contributed by atoms with Gasteiger partial charge in [0.15, 0.2) is 5.69 Å². The van der Waals surface area contributed by atoms with Crippen LogP contribution in [0, 0.1) is 0 Å². The van der Waals surface area contributed by atoms with Crippen LogP contribution in [0.2, 0.25) is 0 Å². The Labute approximate surface area is 163 Å². The van der Waals surface area contributed by atoms with Crippen molar-refractivity contribution in [3.63, 3.8) is 0 Å². The molecule has 3 rings (SSSR count). The highest BCUT2D eigenvalue weighted by Crippen LogP contribution is 2.20. The number of hydrogen-bond donors (Lipinski definition) is 2. The van der Waals surface area contributed by atoms with Crippen LogP contribution in [0.3, 0.4) is 0 Å². The summed E-state index contributed by atoms with van der Waals surface area (Å²) in [6, 6.07) is 14.9. The Bertz CT molecular complexity index is 938. The summed E-state index contributed by atoms with van der Waals surface area (Å²) < 4.78 is 1.60. The van der Waals surface area contributed by atoms with Gasteiger partial charge in [0.25, 0.3) is 11.8 Å². The van der Waals surface area contributed by atoms with E-state index in [-0.39, 0.29) is 23.6 Å². The standard InChI is InChI=1S/C21H23N5O2/c1-15(17-8-4-3-5-9-17)26-19(13-18(25-26)20(27)22-2)21(28)24-12-10-16-7-6-11-23-14-16/h3-9,11,13-15H,10,12H2,1-2H3,(H,22,27)(H,24,28). The van der Waals surface area contributed by atoms with Gasteiger partial charge in [0.2, 0.25) is 0 Å². The first-order chi connectivity index (χ1) is 13.6. The molecule has 0 spiro atoms. The van der Waals surface area contributed by atoms with E-state index in [0.717, 1.165) is 11.1 Å². The van der Waals surface area contributed by atoms with E-state index >= 15 is 0 Å². The van der Waals surface area contributed by atoms with Gasteiger partial charge in [-0.25, -0.2) is 0 Å². The van der Waals surface area contributed by atoms with Crippen LogP contribution in [0.5, 0.6) is 0 Å². The summed E-state index contributed by atoms with van der Waals surface area (Å²) >= 11 is 0. The van der Waals surface area contributed by atoms with E-state index in [1.165, 1.54) is 13.1 Å². The van der Waals surface area contributed by atoms with E-state index in [4.69, 9.17) is 0 Å². The number of carbonyl (C=O) groups is 2. The van der Waals surface area contributed by atoms with Crippen LogP contribution >= 0.6 is 0 Å². The SMILES string of the molecule is CNC(=O)c1cc(C(=O)NCCc2cccnc2)n(C(C)c2ccccc2)n1. The predicted molar refractivity (Wildman–Crippen MR) is 106 cm³/mol. The van der Waals surface area contributed by atoms with Gasteiger partial charge in [0.05, 0.1) is 6.04 Å². The number of hydrogen-bond acceptors (Lipinski definition) is 4. The lowest BCUT2D eigenvalue weighted by Crippen LogP contribution is -2.29. The zero-order chi connectivity index (χ0) is 19.9. The summed E-state index contributed by atoms with van der Waals surface area (Å²) in [6.07, 6.45) is 4.16. The van der Waals surface area contributed by atoms with Gasteiger partial charge in [-0.05, 0) is 30.5 Å². The van der Waals surface area contributed by atoms with Crippen LogP contribution in [0.4, 0.5) is 0 Å². The van der Waals surface area contributed by atoms with Gasteiger partial charge in [0.1, 0.15) is 5.69 Å². The number of rotatable bonds is 7. The van der Waals surface area contributed by atoms with Crippen LogP contribution in [-0.4, -0.2) is 40.2 Å². The highest BCUT2D eigenvalue weighted by atomic mass is 16.2. The molecule has 28 heavy (non-hydrogen) atoms. The lowest BCUT2D eigenvalue weighted by atomic mass is 10.1. The van der Waals surface area contributed by atoms with Crippen molar-refractivity contribution in [2.75, 3.05) is 13.6 Å². The second-order valence-electron chi connectivity index (χ2n) is 6.39. The Morgan fingerprint density at radius 1 is 1.11 bits per heavy atom. The van der Waals surface area contributed by atoms with Gasteiger partial charge in [-0.1, -0.05) is 36.4 Å². The quantitative estimate of drug-likeness (QED) is 0.661. The molecular weight excluding hydrogens is 354 g/mol. The number of aromatic nitrogens is 3. The summed E-state index contributed by atoms with van der Waals surface area (Å²) in [5.74, 6) is -0.599. The third kappa shape index (κ3) is 4.43. The first-order valence-corrected chi connectivity index (χ1v) is 9.14. The summed E-state index contributed by atoms with van der Waals surface area (Å²) in [5, 5.41) is 9.83. The van der Waals surface area contributed by atoms with Crippen LogP contribution in [0.15, 0.2) is 60.9 Å². The maximum atomic E-state index is 12.8. The highest BCUT2D eigenvalue weighted by molar-refractivity contribution is 5.97. The number of benzene rings is 1.